The summed E-state index contributed by atoms with van der Waals surface area (Å²) in [6.45, 7) is 1.51. The van der Waals surface area contributed by atoms with Crippen LogP contribution >= 0.6 is 12.6 Å². The van der Waals surface area contributed by atoms with E-state index in [-0.39, 0.29) is 35.3 Å². The van der Waals surface area contributed by atoms with Crippen molar-refractivity contribution in [2.45, 2.75) is 11.8 Å². The zero-order valence-corrected chi connectivity index (χ0v) is 10.1. The molecular weight excluding hydrogens is 181 g/mol. The van der Waals surface area contributed by atoms with Gasteiger partial charge in [-0.2, -0.15) is 0 Å². The van der Waals surface area contributed by atoms with Crippen molar-refractivity contribution in [1.29, 1.82) is 0 Å². The van der Waals surface area contributed by atoms with E-state index in [9.17, 15) is 4.79 Å². The predicted octanol–water partition coefficient (Wildman–Crippen LogP) is -1.24. The molecule has 0 bridgehead atoms. The third kappa shape index (κ3) is 2.83. The average molecular weight is 190 g/mol. The Morgan fingerprint density at radius 3 is 2.50 bits per heavy atom. The molecule has 0 saturated heterocycles. The number of thiol groups is 1. The second kappa shape index (κ2) is 4.92. The molecule has 0 saturated carbocycles. The van der Waals surface area contributed by atoms with Gasteiger partial charge < -0.3 is 5.73 Å². The molecule has 0 unspecified atom stereocenters. The Labute approximate surface area is 99.2 Å². The Morgan fingerprint density at radius 1 is 1.50 bits per heavy atom. The Bertz CT molecular complexity index is 301. The van der Waals surface area contributed by atoms with Crippen molar-refractivity contribution in [3.05, 3.63) is 23.8 Å². The van der Waals surface area contributed by atoms with Gasteiger partial charge in [0.25, 0.3) is 0 Å². The molecule has 0 fully saturated rings. The number of benzene rings is 1. The minimum Gasteiger partial charge on any atom is -0.398 e. The number of anilines is 1. The maximum atomic E-state index is 10.8. The number of nitrogen functional groups attached to an aromatic ring is 1. The Morgan fingerprint density at radius 2 is 2.08 bits per heavy atom. The molecule has 0 atom stereocenters. The van der Waals surface area contributed by atoms with Gasteiger partial charge in [0.05, 0.1) is 0 Å². The van der Waals surface area contributed by atoms with Gasteiger partial charge in [0.2, 0.25) is 0 Å². The fourth-order valence-corrected chi connectivity index (χ4v) is 0.913. The van der Waals surface area contributed by atoms with Gasteiger partial charge in [0, 0.05) is 16.1 Å². The van der Waals surface area contributed by atoms with E-state index in [1.165, 1.54) is 6.92 Å². The molecule has 4 heteroatoms. The molecule has 12 heavy (non-hydrogen) atoms. The number of carbonyl (C=O) groups is 1. The molecule has 0 heterocycles. The molecular formula is C8H9NNaOS+. The van der Waals surface area contributed by atoms with Gasteiger partial charge in [0.15, 0.2) is 5.78 Å². The molecule has 1 aromatic carbocycles. The van der Waals surface area contributed by atoms with E-state index in [0.29, 0.717) is 16.1 Å². The standard InChI is InChI=1S/C8H9NOS.Na/c1-5(10)6-2-3-8(11)7(9)4-6;/h2-4,11H,9H2,1H3;/q;+1. The van der Waals surface area contributed by atoms with Gasteiger partial charge >= 0.3 is 29.6 Å². The minimum atomic E-state index is 0. The molecule has 0 radical (unpaired) electrons. The van der Waals surface area contributed by atoms with Crippen molar-refractivity contribution in [3.63, 3.8) is 0 Å². The number of carbonyl (C=O) groups excluding carboxylic acids is 1. The van der Waals surface area contributed by atoms with Crippen LogP contribution in [0.5, 0.6) is 0 Å². The summed E-state index contributed by atoms with van der Waals surface area (Å²) in [4.78, 5) is 11.5. The maximum absolute atomic E-state index is 10.8. The molecule has 0 aromatic heterocycles. The summed E-state index contributed by atoms with van der Waals surface area (Å²) in [6.07, 6.45) is 0. The van der Waals surface area contributed by atoms with Crippen LogP contribution in [0.4, 0.5) is 5.69 Å². The quantitative estimate of drug-likeness (QED) is 0.252. The van der Waals surface area contributed by atoms with E-state index in [1.54, 1.807) is 18.2 Å². The van der Waals surface area contributed by atoms with E-state index in [2.05, 4.69) is 12.6 Å². The van der Waals surface area contributed by atoms with Crippen LogP contribution in [0.3, 0.4) is 0 Å². The number of hydrogen-bond acceptors (Lipinski definition) is 3. The summed E-state index contributed by atoms with van der Waals surface area (Å²) in [7, 11) is 0. The molecule has 2 nitrogen and oxygen atoms in total. The molecule has 0 spiro atoms. The number of rotatable bonds is 1. The topological polar surface area (TPSA) is 43.1 Å². The Hall–Kier alpha value is 0.0400. The van der Waals surface area contributed by atoms with Crippen LogP contribution in [0, 0.1) is 0 Å². The first-order valence-corrected chi connectivity index (χ1v) is 3.65. The van der Waals surface area contributed by atoms with E-state index in [0.717, 1.165) is 0 Å². The SMILES string of the molecule is CC(=O)c1ccc(S)c(N)c1.[Na+]. The fourth-order valence-electron chi connectivity index (χ4n) is 0.774. The molecule has 0 amide bonds. The first-order chi connectivity index (χ1) is 5.11. The molecule has 1 rings (SSSR count). The monoisotopic (exact) mass is 190 g/mol. The summed E-state index contributed by atoms with van der Waals surface area (Å²) in [5, 5.41) is 0. The van der Waals surface area contributed by atoms with E-state index >= 15 is 0 Å². The summed E-state index contributed by atoms with van der Waals surface area (Å²) < 4.78 is 0. The van der Waals surface area contributed by atoms with E-state index in [4.69, 9.17) is 5.73 Å². The minimum absolute atomic E-state index is 0. The maximum Gasteiger partial charge on any atom is 1.00 e. The first kappa shape index (κ1) is 12.0. The van der Waals surface area contributed by atoms with Crippen molar-refractivity contribution in [2.75, 3.05) is 5.73 Å². The number of hydrogen-bond donors (Lipinski definition) is 2. The Kier molecular flexibility index (Phi) is 4.94. The molecule has 1 aromatic rings. The van der Waals surface area contributed by atoms with Crippen molar-refractivity contribution in [1.82, 2.24) is 0 Å². The van der Waals surface area contributed by atoms with Crippen LogP contribution in [0.2, 0.25) is 0 Å². The summed E-state index contributed by atoms with van der Waals surface area (Å²) in [5.74, 6) is 0.0185. The molecule has 58 valence electrons. The van der Waals surface area contributed by atoms with Crippen LogP contribution in [0.1, 0.15) is 17.3 Å². The van der Waals surface area contributed by atoms with Crippen LogP contribution in [0.25, 0.3) is 0 Å². The second-order valence-corrected chi connectivity index (χ2v) is 2.81. The number of nitrogens with two attached hydrogens (primary N) is 1. The van der Waals surface area contributed by atoms with Gasteiger partial charge in [-0.3, -0.25) is 4.79 Å². The van der Waals surface area contributed by atoms with Crippen molar-refractivity contribution in [2.24, 2.45) is 0 Å². The second-order valence-electron chi connectivity index (χ2n) is 2.33. The van der Waals surface area contributed by atoms with E-state index < -0.39 is 0 Å². The van der Waals surface area contributed by atoms with Crippen LogP contribution < -0.4 is 35.3 Å². The van der Waals surface area contributed by atoms with Gasteiger partial charge in [0.1, 0.15) is 0 Å². The van der Waals surface area contributed by atoms with Gasteiger partial charge in [-0.05, 0) is 19.1 Å². The van der Waals surface area contributed by atoms with Crippen LogP contribution in [-0.2, 0) is 0 Å². The zero-order chi connectivity index (χ0) is 8.43. The van der Waals surface area contributed by atoms with Crippen LogP contribution in [-0.4, -0.2) is 5.78 Å². The van der Waals surface area contributed by atoms with Crippen LogP contribution in [0.15, 0.2) is 23.1 Å². The molecule has 0 aliphatic carbocycles. The molecule has 2 N–H and O–H groups in total. The molecule has 0 aliphatic rings. The normalized spacial score (nSPS) is 8.83. The van der Waals surface area contributed by atoms with E-state index in [1.807, 2.05) is 0 Å². The van der Waals surface area contributed by atoms with Crippen molar-refractivity contribution >= 4 is 24.1 Å². The van der Waals surface area contributed by atoms with Crippen molar-refractivity contribution in [3.8, 4) is 0 Å². The smallest absolute Gasteiger partial charge is 0.398 e. The number of ketones is 1. The van der Waals surface area contributed by atoms with Gasteiger partial charge in [-0.15, -0.1) is 12.6 Å². The van der Waals surface area contributed by atoms with Gasteiger partial charge in [-0.25, -0.2) is 0 Å². The zero-order valence-electron chi connectivity index (χ0n) is 7.16. The third-order valence-corrected chi connectivity index (χ3v) is 1.84. The third-order valence-electron chi connectivity index (χ3n) is 1.43. The Balaban J connectivity index is 0.00000121. The fraction of sp³-hybridized carbons (Fsp3) is 0.125. The largest absolute Gasteiger partial charge is 1.00 e. The number of Topliss-reactive ketones (excluding diaryl/α,β-unsaturated/α-hetero) is 1. The molecule has 0 aliphatic heterocycles. The van der Waals surface area contributed by atoms with Gasteiger partial charge in [-0.1, -0.05) is 6.07 Å². The van der Waals surface area contributed by atoms with Crippen molar-refractivity contribution < 1.29 is 34.4 Å². The predicted molar refractivity (Wildman–Crippen MR) is 48.1 cm³/mol. The first-order valence-electron chi connectivity index (χ1n) is 3.20. The summed E-state index contributed by atoms with van der Waals surface area (Å²) >= 11 is 4.08. The summed E-state index contributed by atoms with van der Waals surface area (Å²) in [5.41, 5.74) is 6.70. The summed E-state index contributed by atoms with van der Waals surface area (Å²) in [6, 6.07) is 5.06. The average Bonchev–Trinajstić information content (AvgIpc) is 1.94.